The molecule has 0 aromatic heterocycles. The molecule has 0 saturated heterocycles. The highest BCUT2D eigenvalue weighted by molar-refractivity contribution is 8.14. The molecule has 6 nitrogen and oxygen atoms in total. The van der Waals surface area contributed by atoms with Crippen molar-refractivity contribution in [3.8, 4) is 6.07 Å². The normalized spacial score (nSPS) is 16.0. The maximum atomic E-state index is 14.9. The van der Waals surface area contributed by atoms with Crippen LogP contribution in [0, 0.1) is 17.1 Å². The molecule has 11 heteroatoms. The lowest BCUT2D eigenvalue weighted by Gasteiger charge is -2.32. The number of esters is 1. The standard InChI is InChI=1S/C24H21F4N3O3S/c1-5-13(2)34-20(32)17-9-7-15(10-19(17)25)31-22(30-21(33)23(31,3)4)35-16-8-6-14(12-29)18(11-16)24(26,27)28/h6-11,13H,5H2,1-4H3/t13-/m1/s1. The Hall–Kier alpha value is -3.39. The van der Waals surface area contributed by atoms with Gasteiger partial charge < -0.3 is 9.64 Å². The van der Waals surface area contributed by atoms with Crippen LogP contribution in [0.25, 0.3) is 0 Å². The van der Waals surface area contributed by atoms with Crippen molar-refractivity contribution < 1.29 is 31.9 Å². The van der Waals surface area contributed by atoms with Crippen LogP contribution in [-0.4, -0.2) is 28.7 Å². The topological polar surface area (TPSA) is 82.8 Å². The summed E-state index contributed by atoms with van der Waals surface area (Å²) in [6.07, 6.45) is -4.60. The molecule has 0 aliphatic carbocycles. The van der Waals surface area contributed by atoms with Crippen LogP contribution in [0.3, 0.4) is 0 Å². The lowest BCUT2D eigenvalue weighted by atomic mass is 10.0. The highest BCUT2D eigenvalue weighted by Gasteiger charge is 2.44. The molecule has 1 aliphatic rings. The molecule has 1 amide bonds. The van der Waals surface area contributed by atoms with Gasteiger partial charge in [0.05, 0.1) is 28.9 Å². The fourth-order valence-corrected chi connectivity index (χ4v) is 4.35. The van der Waals surface area contributed by atoms with Gasteiger partial charge >= 0.3 is 12.1 Å². The summed E-state index contributed by atoms with van der Waals surface area (Å²) in [5.74, 6) is -2.29. The Morgan fingerprint density at radius 2 is 1.94 bits per heavy atom. The molecule has 1 aliphatic heterocycles. The zero-order valence-corrected chi connectivity index (χ0v) is 20.1. The summed E-state index contributed by atoms with van der Waals surface area (Å²) in [6, 6.07) is 8.33. The van der Waals surface area contributed by atoms with Crippen LogP contribution >= 0.6 is 11.8 Å². The van der Waals surface area contributed by atoms with Crippen molar-refractivity contribution in [1.82, 2.24) is 0 Å². The molecular weight excluding hydrogens is 486 g/mol. The van der Waals surface area contributed by atoms with E-state index < -0.39 is 46.6 Å². The molecule has 184 valence electrons. The summed E-state index contributed by atoms with van der Waals surface area (Å²) in [5.41, 5.74) is -3.03. The molecule has 0 bridgehead atoms. The van der Waals surface area contributed by atoms with E-state index in [-0.39, 0.29) is 21.3 Å². The van der Waals surface area contributed by atoms with Gasteiger partial charge in [0.15, 0.2) is 5.17 Å². The van der Waals surface area contributed by atoms with Gasteiger partial charge in [-0.15, -0.1) is 0 Å². The summed E-state index contributed by atoms with van der Waals surface area (Å²) in [6.45, 7) is 6.56. The maximum Gasteiger partial charge on any atom is 0.417 e. The van der Waals surface area contributed by atoms with E-state index in [0.29, 0.717) is 6.42 Å². The monoisotopic (exact) mass is 507 g/mol. The lowest BCUT2D eigenvalue weighted by Crippen LogP contribution is -2.46. The maximum absolute atomic E-state index is 14.9. The quantitative estimate of drug-likeness (QED) is 0.368. The van der Waals surface area contributed by atoms with Gasteiger partial charge in [-0.1, -0.05) is 18.7 Å². The Morgan fingerprint density at radius 1 is 1.26 bits per heavy atom. The second-order valence-corrected chi connectivity index (χ2v) is 9.34. The van der Waals surface area contributed by atoms with Gasteiger partial charge in [0.2, 0.25) is 0 Å². The van der Waals surface area contributed by atoms with Crippen molar-refractivity contribution in [1.29, 1.82) is 5.26 Å². The minimum absolute atomic E-state index is 0.0205. The van der Waals surface area contributed by atoms with E-state index in [1.165, 1.54) is 43.0 Å². The van der Waals surface area contributed by atoms with Crippen molar-refractivity contribution >= 4 is 34.5 Å². The van der Waals surface area contributed by atoms with E-state index in [0.717, 1.165) is 30.0 Å². The number of rotatable bonds is 5. The molecule has 35 heavy (non-hydrogen) atoms. The SMILES string of the molecule is CC[C@@H](C)OC(=O)c1ccc(N2C(Sc3ccc(C#N)c(C(F)(F)F)c3)=NC(=O)C2(C)C)cc1F. The van der Waals surface area contributed by atoms with Crippen molar-refractivity contribution in [3.63, 3.8) is 0 Å². The van der Waals surface area contributed by atoms with Crippen molar-refractivity contribution in [2.75, 3.05) is 4.90 Å². The summed E-state index contributed by atoms with van der Waals surface area (Å²) in [4.78, 5) is 30.3. The van der Waals surface area contributed by atoms with Crippen LogP contribution in [-0.2, 0) is 15.7 Å². The van der Waals surface area contributed by atoms with E-state index in [1.807, 2.05) is 6.92 Å². The lowest BCUT2D eigenvalue weighted by molar-refractivity contribution is -0.138. The van der Waals surface area contributed by atoms with Gasteiger partial charge in [0, 0.05) is 10.6 Å². The first kappa shape index (κ1) is 26.2. The third-order valence-electron chi connectivity index (χ3n) is 5.41. The predicted molar refractivity (Wildman–Crippen MR) is 123 cm³/mol. The number of aliphatic imine (C=N–C) groups is 1. The van der Waals surface area contributed by atoms with Crippen LogP contribution in [0.4, 0.5) is 23.2 Å². The molecule has 1 heterocycles. The number of alkyl halides is 3. The van der Waals surface area contributed by atoms with Gasteiger partial charge in [-0.3, -0.25) is 4.79 Å². The number of ether oxygens (including phenoxy) is 1. The van der Waals surface area contributed by atoms with E-state index in [1.54, 1.807) is 6.92 Å². The second kappa shape index (κ2) is 9.70. The van der Waals surface area contributed by atoms with Crippen molar-refractivity contribution in [2.45, 2.75) is 56.8 Å². The van der Waals surface area contributed by atoms with E-state index in [9.17, 15) is 27.2 Å². The number of hydrogen-bond donors (Lipinski definition) is 0. The average molecular weight is 508 g/mol. The molecule has 0 saturated carbocycles. The number of anilines is 1. The molecule has 0 N–H and O–H groups in total. The largest absolute Gasteiger partial charge is 0.459 e. The Bertz CT molecular complexity index is 1250. The molecule has 0 unspecified atom stereocenters. The molecule has 0 spiro atoms. The Balaban J connectivity index is 1.97. The Labute approximate surface area is 203 Å². The molecular formula is C24H21F4N3O3S. The Morgan fingerprint density at radius 3 is 2.51 bits per heavy atom. The number of benzene rings is 2. The third kappa shape index (κ3) is 5.32. The van der Waals surface area contributed by atoms with Crippen LogP contribution in [0.1, 0.15) is 55.6 Å². The summed E-state index contributed by atoms with van der Waals surface area (Å²) in [7, 11) is 0. The highest BCUT2D eigenvalue weighted by Crippen LogP contribution is 2.39. The van der Waals surface area contributed by atoms with Gasteiger partial charge in [0.1, 0.15) is 11.4 Å². The number of nitriles is 1. The molecule has 0 radical (unpaired) electrons. The van der Waals surface area contributed by atoms with E-state index >= 15 is 0 Å². The first-order chi connectivity index (χ1) is 16.3. The van der Waals surface area contributed by atoms with Crippen molar-refractivity contribution in [2.24, 2.45) is 4.99 Å². The number of nitrogens with zero attached hydrogens (tertiary/aromatic N) is 3. The average Bonchev–Trinajstić information content (AvgIpc) is 3.00. The van der Waals surface area contributed by atoms with Crippen LogP contribution in [0.2, 0.25) is 0 Å². The molecule has 1 atom stereocenters. The predicted octanol–water partition coefficient (Wildman–Crippen LogP) is 5.94. The number of carbonyl (C=O) groups is 2. The number of amides is 1. The summed E-state index contributed by atoms with van der Waals surface area (Å²) >= 11 is 0.769. The third-order valence-corrected chi connectivity index (χ3v) is 6.36. The van der Waals surface area contributed by atoms with Gasteiger partial charge in [0.25, 0.3) is 5.91 Å². The summed E-state index contributed by atoms with van der Waals surface area (Å²) in [5, 5.41) is 9.02. The zero-order chi connectivity index (χ0) is 26.1. The van der Waals surface area contributed by atoms with E-state index in [4.69, 9.17) is 10.00 Å². The number of amidine groups is 1. The van der Waals surface area contributed by atoms with E-state index in [2.05, 4.69) is 4.99 Å². The number of thioether (sulfide) groups is 1. The number of halogens is 4. The van der Waals surface area contributed by atoms with Crippen LogP contribution in [0.5, 0.6) is 0 Å². The molecule has 2 aromatic carbocycles. The van der Waals surface area contributed by atoms with Crippen LogP contribution < -0.4 is 4.90 Å². The number of hydrogen-bond acceptors (Lipinski definition) is 6. The smallest absolute Gasteiger partial charge is 0.417 e. The van der Waals surface area contributed by atoms with Crippen molar-refractivity contribution in [3.05, 3.63) is 58.9 Å². The zero-order valence-electron chi connectivity index (χ0n) is 19.2. The minimum atomic E-state index is -4.75. The van der Waals surface area contributed by atoms with Crippen LogP contribution in [0.15, 0.2) is 46.3 Å². The van der Waals surface area contributed by atoms with Gasteiger partial charge in [-0.05, 0) is 63.6 Å². The fourth-order valence-electron chi connectivity index (χ4n) is 3.27. The Kier molecular flexibility index (Phi) is 7.26. The number of carbonyl (C=O) groups excluding carboxylic acids is 2. The fraction of sp³-hybridized carbons (Fsp3) is 0.333. The minimum Gasteiger partial charge on any atom is -0.459 e. The first-order valence-electron chi connectivity index (χ1n) is 10.5. The molecule has 3 rings (SSSR count). The molecule has 0 fully saturated rings. The molecule has 2 aromatic rings. The highest BCUT2D eigenvalue weighted by atomic mass is 32.2. The van der Waals surface area contributed by atoms with Gasteiger partial charge in [-0.25, -0.2) is 9.18 Å². The second-order valence-electron chi connectivity index (χ2n) is 8.30. The summed E-state index contributed by atoms with van der Waals surface area (Å²) < 4.78 is 60.1. The first-order valence-corrected chi connectivity index (χ1v) is 11.3. The van der Waals surface area contributed by atoms with Gasteiger partial charge in [-0.2, -0.15) is 23.4 Å².